The Morgan fingerprint density at radius 1 is 1.10 bits per heavy atom. The molecule has 0 spiro atoms. The maximum absolute atomic E-state index is 13.9. The van der Waals surface area contributed by atoms with Gasteiger partial charge in [-0.15, -0.1) is 0 Å². The van der Waals surface area contributed by atoms with E-state index in [1.807, 2.05) is 54.6 Å². The maximum atomic E-state index is 13.9. The van der Waals surface area contributed by atoms with Crippen molar-refractivity contribution >= 4 is 29.1 Å². The van der Waals surface area contributed by atoms with E-state index in [2.05, 4.69) is 4.99 Å². The third kappa shape index (κ3) is 5.73. The minimum atomic E-state index is -0.938. The Labute approximate surface area is 239 Å². The number of nitro benzene ring substituents is 1. The van der Waals surface area contributed by atoms with Crippen molar-refractivity contribution in [3.05, 3.63) is 136 Å². The lowest BCUT2D eigenvalue weighted by Gasteiger charge is -2.24. The lowest BCUT2D eigenvalue weighted by atomic mass is 9.94. The highest BCUT2D eigenvalue weighted by molar-refractivity contribution is 7.07. The van der Waals surface area contributed by atoms with E-state index in [4.69, 9.17) is 9.47 Å². The molecule has 0 fully saturated rings. The summed E-state index contributed by atoms with van der Waals surface area (Å²) in [7, 11) is 0. The molecule has 1 atom stereocenters. The van der Waals surface area contributed by atoms with Gasteiger partial charge in [-0.3, -0.25) is 19.5 Å². The largest absolute Gasteiger partial charge is 0.489 e. The fraction of sp³-hybridized carbons (Fsp3) is 0.194. The van der Waals surface area contributed by atoms with Gasteiger partial charge >= 0.3 is 5.97 Å². The molecule has 0 bridgehead atoms. The summed E-state index contributed by atoms with van der Waals surface area (Å²) >= 11 is 1.18. The number of hydrogen-bond donors (Lipinski definition) is 0. The number of rotatable bonds is 8. The number of benzene rings is 3. The maximum Gasteiger partial charge on any atom is 0.338 e. The van der Waals surface area contributed by atoms with Crippen molar-refractivity contribution in [1.29, 1.82) is 0 Å². The molecule has 0 radical (unpaired) electrons. The van der Waals surface area contributed by atoms with Crippen molar-refractivity contribution < 1.29 is 19.2 Å². The van der Waals surface area contributed by atoms with E-state index in [9.17, 15) is 19.7 Å². The summed E-state index contributed by atoms with van der Waals surface area (Å²) in [6.45, 7) is 5.53. The molecule has 0 saturated heterocycles. The number of aryl methyl sites for hydroxylation is 1. The molecule has 0 N–H and O–H groups in total. The van der Waals surface area contributed by atoms with Gasteiger partial charge in [0.1, 0.15) is 12.4 Å². The predicted molar refractivity (Wildman–Crippen MR) is 155 cm³/mol. The van der Waals surface area contributed by atoms with Crippen LogP contribution in [0.25, 0.3) is 6.08 Å². The molecule has 0 aliphatic carbocycles. The molecule has 1 aromatic heterocycles. The second-order valence-corrected chi connectivity index (χ2v) is 10.5. The molecule has 2 heterocycles. The molecule has 1 aliphatic rings. The molecular formula is C31H27N3O6S. The minimum absolute atomic E-state index is 0.102. The third-order valence-electron chi connectivity index (χ3n) is 6.67. The molecule has 208 valence electrons. The highest BCUT2D eigenvalue weighted by Gasteiger charge is 2.34. The van der Waals surface area contributed by atoms with Crippen LogP contribution in [0.15, 0.2) is 93.9 Å². The molecule has 10 heteroatoms. The first kappa shape index (κ1) is 27.7. The Hall–Kier alpha value is -4.83. The quantitative estimate of drug-likeness (QED) is 0.174. The number of esters is 1. The Morgan fingerprint density at radius 3 is 2.61 bits per heavy atom. The van der Waals surface area contributed by atoms with E-state index < -0.39 is 16.9 Å². The monoisotopic (exact) mass is 569 g/mol. The summed E-state index contributed by atoms with van der Waals surface area (Å²) in [5, 5.41) is 11.7. The van der Waals surface area contributed by atoms with E-state index in [1.165, 1.54) is 22.0 Å². The van der Waals surface area contributed by atoms with Crippen LogP contribution in [-0.2, 0) is 16.1 Å². The molecular weight excluding hydrogens is 542 g/mol. The summed E-state index contributed by atoms with van der Waals surface area (Å²) in [5.74, 6) is 0.0279. The van der Waals surface area contributed by atoms with Gasteiger partial charge in [-0.2, -0.15) is 0 Å². The summed E-state index contributed by atoms with van der Waals surface area (Å²) in [4.78, 5) is 43.1. The first-order chi connectivity index (χ1) is 19.8. The summed E-state index contributed by atoms with van der Waals surface area (Å²) in [5.41, 5.74) is 2.77. The first-order valence-electron chi connectivity index (χ1n) is 13.0. The smallest absolute Gasteiger partial charge is 0.338 e. The first-order valence-corrected chi connectivity index (χ1v) is 13.8. The van der Waals surface area contributed by atoms with Crippen molar-refractivity contribution in [2.45, 2.75) is 33.4 Å². The van der Waals surface area contributed by atoms with Gasteiger partial charge in [0, 0.05) is 11.6 Å². The van der Waals surface area contributed by atoms with Crippen LogP contribution in [-0.4, -0.2) is 22.1 Å². The highest BCUT2D eigenvalue weighted by atomic mass is 32.1. The highest BCUT2D eigenvalue weighted by Crippen LogP contribution is 2.33. The Balaban J connectivity index is 1.59. The van der Waals surface area contributed by atoms with Gasteiger partial charge in [0.2, 0.25) is 0 Å². The van der Waals surface area contributed by atoms with Crippen LogP contribution >= 0.6 is 11.3 Å². The van der Waals surface area contributed by atoms with Crippen LogP contribution in [0.5, 0.6) is 5.75 Å². The predicted octanol–water partition coefficient (Wildman–Crippen LogP) is 4.59. The van der Waals surface area contributed by atoms with E-state index in [1.54, 1.807) is 39.0 Å². The van der Waals surface area contributed by atoms with Crippen LogP contribution in [0.4, 0.5) is 5.69 Å². The molecule has 3 aromatic carbocycles. The standard InChI is InChI=1S/C31H27N3O6S/c1-4-39-30(36)27-20(3)32-31-33(28(27)23-14-13-19(2)25(17-23)34(37)38)29(35)26(41-31)16-22-11-8-12-24(15-22)40-18-21-9-6-5-7-10-21/h5-17,28H,4,18H2,1-3H3/b26-16+/t28-/m0/s1. The molecule has 5 rings (SSSR count). The number of carbonyl (C=O) groups is 1. The zero-order valence-corrected chi connectivity index (χ0v) is 23.5. The summed E-state index contributed by atoms with van der Waals surface area (Å²) in [6.07, 6.45) is 1.75. The van der Waals surface area contributed by atoms with Crippen molar-refractivity contribution in [1.82, 2.24) is 4.57 Å². The van der Waals surface area contributed by atoms with Crippen LogP contribution < -0.4 is 19.6 Å². The average molecular weight is 570 g/mol. The number of hydrogen-bond acceptors (Lipinski definition) is 8. The fourth-order valence-electron chi connectivity index (χ4n) is 4.69. The summed E-state index contributed by atoms with van der Waals surface area (Å²) < 4.78 is 13.1. The van der Waals surface area contributed by atoms with E-state index in [0.717, 1.165) is 11.1 Å². The molecule has 41 heavy (non-hydrogen) atoms. The van der Waals surface area contributed by atoms with Crippen molar-refractivity contribution in [3.63, 3.8) is 0 Å². The van der Waals surface area contributed by atoms with Crippen LogP contribution in [0.2, 0.25) is 0 Å². The molecule has 1 aliphatic heterocycles. The number of nitro groups is 1. The average Bonchev–Trinajstić information content (AvgIpc) is 3.26. The third-order valence-corrected chi connectivity index (χ3v) is 7.65. The molecule has 4 aromatic rings. The van der Waals surface area contributed by atoms with Crippen LogP contribution in [0.3, 0.4) is 0 Å². The van der Waals surface area contributed by atoms with Gasteiger partial charge in [-0.1, -0.05) is 65.9 Å². The number of fused-ring (bicyclic) bond motifs is 1. The number of allylic oxidation sites excluding steroid dienone is 1. The zero-order chi connectivity index (χ0) is 29.1. The molecule has 9 nitrogen and oxygen atoms in total. The van der Waals surface area contributed by atoms with E-state index in [-0.39, 0.29) is 23.4 Å². The van der Waals surface area contributed by atoms with Gasteiger partial charge in [0.05, 0.1) is 33.4 Å². The number of aromatic nitrogens is 1. The van der Waals surface area contributed by atoms with Crippen LogP contribution in [0, 0.1) is 17.0 Å². The van der Waals surface area contributed by atoms with Crippen molar-refractivity contribution in [3.8, 4) is 5.75 Å². The number of carbonyl (C=O) groups excluding carboxylic acids is 1. The van der Waals surface area contributed by atoms with Crippen molar-refractivity contribution in [2.24, 2.45) is 4.99 Å². The Morgan fingerprint density at radius 2 is 1.88 bits per heavy atom. The second-order valence-electron chi connectivity index (χ2n) is 9.45. The van der Waals surface area contributed by atoms with Crippen molar-refractivity contribution in [2.75, 3.05) is 6.61 Å². The van der Waals surface area contributed by atoms with E-state index in [0.29, 0.717) is 38.5 Å². The topological polar surface area (TPSA) is 113 Å². The number of nitrogens with zero attached hydrogens (tertiary/aromatic N) is 3. The Bertz CT molecular complexity index is 1860. The Kier molecular flexibility index (Phi) is 7.93. The minimum Gasteiger partial charge on any atom is -0.489 e. The van der Waals surface area contributed by atoms with E-state index >= 15 is 0 Å². The van der Waals surface area contributed by atoms with Gasteiger partial charge in [0.25, 0.3) is 11.2 Å². The number of thiazole rings is 1. The lowest BCUT2D eigenvalue weighted by molar-refractivity contribution is -0.385. The number of ether oxygens (including phenoxy) is 2. The summed E-state index contributed by atoms with van der Waals surface area (Å²) in [6, 6.07) is 21.0. The molecule has 0 unspecified atom stereocenters. The fourth-order valence-corrected chi connectivity index (χ4v) is 5.73. The van der Waals surface area contributed by atoms with Gasteiger partial charge in [-0.25, -0.2) is 9.79 Å². The molecule has 0 amide bonds. The van der Waals surface area contributed by atoms with Gasteiger partial charge in [-0.05, 0) is 55.7 Å². The zero-order valence-electron chi connectivity index (χ0n) is 22.7. The molecule has 0 saturated carbocycles. The normalized spacial score (nSPS) is 14.8. The van der Waals surface area contributed by atoms with Gasteiger partial charge < -0.3 is 9.47 Å². The van der Waals surface area contributed by atoms with Gasteiger partial charge in [0.15, 0.2) is 4.80 Å². The SMILES string of the molecule is CCOC(=O)C1=C(C)N=c2s/c(=C/c3cccc(OCc4ccccc4)c3)c(=O)n2[C@H]1c1ccc(C)c([N+](=O)[O-])c1. The second kappa shape index (κ2) is 11.7. The van der Waals surface area contributed by atoms with Crippen LogP contribution in [0.1, 0.15) is 42.1 Å². The lowest BCUT2D eigenvalue weighted by Crippen LogP contribution is -2.40.